The molecule has 0 rings (SSSR count). The average molecular weight is 927 g/mol. The number of phosphoric acid groups is 1. The van der Waals surface area contributed by atoms with Gasteiger partial charge in [0.15, 0.2) is 0 Å². The molecule has 9 nitrogen and oxygen atoms in total. The van der Waals surface area contributed by atoms with E-state index in [1.807, 2.05) is 27.2 Å². The number of hydrogen-bond donors (Lipinski definition) is 3. The third kappa shape index (κ3) is 46.0. The van der Waals surface area contributed by atoms with E-state index in [0.717, 1.165) is 83.5 Å². The molecule has 0 saturated heterocycles. The lowest BCUT2D eigenvalue weighted by molar-refractivity contribution is -0.870. The Bertz CT molecular complexity index is 1440. The van der Waals surface area contributed by atoms with Crippen molar-refractivity contribution < 1.29 is 38.0 Å². The number of phosphoric ester groups is 1. The summed E-state index contributed by atoms with van der Waals surface area (Å²) < 4.78 is 23.2. The van der Waals surface area contributed by atoms with E-state index in [0.29, 0.717) is 30.3 Å². The van der Waals surface area contributed by atoms with Crippen molar-refractivity contribution in [2.24, 2.45) is 0 Å². The maximum atomic E-state index is 12.9. The lowest BCUT2D eigenvalue weighted by Crippen LogP contribution is -2.51. The smallest absolute Gasteiger partial charge is 0.268 e. The second-order valence-corrected chi connectivity index (χ2v) is 19.3. The molecule has 10 heteroatoms. The molecule has 1 amide bonds. The minimum atomic E-state index is -4.69. The molecule has 0 fully saturated rings. The highest BCUT2D eigenvalue weighted by atomic mass is 31.2. The van der Waals surface area contributed by atoms with Gasteiger partial charge in [-0.3, -0.25) is 9.36 Å². The lowest BCUT2D eigenvalue weighted by atomic mass is 9.99. The fourth-order valence-electron chi connectivity index (χ4n) is 6.61. The molecule has 0 aliphatic rings. The van der Waals surface area contributed by atoms with Gasteiger partial charge < -0.3 is 34.0 Å². The zero-order valence-corrected chi connectivity index (χ0v) is 42.6. The number of aliphatic hydroxyl groups is 2. The number of likely N-dealkylation sites (N-methyl/N-ethyl adjacent to an activating group) is 1. The van der Waals surface area contributed by atoms with Crippen molar-refractivity contribution in [3.8, 4) is 0 Å². The maximum absolute atomic E-state index is 12.9. The number of nitrogens with one attached hydrogen (secondary N) is 1. The lowest BCUT2D eigenvalue weighted by Gasteiger charge is -2.31. The molecule has 0 aromatic heterocycles. The Morgan fingerprint density at radius 3 is 1.35 bits per heavy atom. The van der Waals surface area contributed by atoms with Crippen LogP contribution in [0.5, 0.6) is 0 Å². The fourth-order valence-corrected chi connectivity index (χ4v) is 7.33. The van der Waals surface area contributed by atoms with Crippen LogP contribution in [0.15, 0.2) is 109 Å². The topological polar surface area (TPSA) is 128 Å². The first-order valence-electron chi connectivity index (χ1n) is 25.3. The van der Waals surface area contributed by atoms with E-state index < -0.39 is 32.7 Å². The van der Waals surface area contributed by atoms with Crippen LogP contribution in [0.2, 0.25) is 0 Å². The van der Waals surface area contributed by atoms with Gasteiger partial charge in [0.1, 0.15) is 19.3 Å². The van der Waals surface area contributed by atoms with E-state index in [4.69, 9.17) is 9.05 Å². The molecule has 3 N–H and O–H groups in total. The number of carbonyl (C=O) groups excluding carboxylic acids is 1. The van der Waals surface area contributed by atoms with Crippen LogP contribution in [-0.2, 0) is 18.4 Å². The third-order valence-corrected chi connectivity index (χ3v) is 11.6. The molecule has 0 aliphatic carbocycles. The van der Waals surface area contributed by atoms with Crippen LogP contribution >= 0.6 is 7.82 Å². The standard InChI is InChI=1S/C55H95N2O7P/c1-6-8-10-12-14-16-18-20-21-22-23-24-25-26-27-28-29-30-31-32-33-34-35-36-38-40-42-44-46-48-54(59)56-52(51-64-65(61,62)63-50-49-57(3,4)5)55(60)53(58)47-45-43-41-39-37-19-17-15-13-11-9-7-2/h8,10,14,16,20-21,23-24,26-27,29-30,32-33,35-36,40,42,52-53,55,58,60H,6-7,9,11-13,15,17-19,22,25,28,31,34,37-39,41,43-51H2,1-5H3,(H-,56,59,61,62)/b10-8-,16-14-,21-20-,24-23-,27-26-,30-29-,33-32-,36-35-,42-40-. The summed E-state index contributed by atoms with van der Waals surface area (Å²) >= 11 is 0. The predicted molar refractivity (Wildman–Crippen MR) is 275 cm³/mol. The second kappa shape index (κ2) is 44.9. The highest BCUT2D eigenvalue weighted by molar-refractivity contribution is 7.45. The molecule has 0 radical (unpaired) electrons. The van der Waals surface area contributed by atoms with E-state index in [-0.39, 0.29) is 18.9 Å². The number of amides is 1. The number of allylic oxidation sites excluding steroid dienone is 18. The molecule has 4 unspecified atom stereocenters. The Balaban J connectivity index is 4.47. The van der Waals surface area contributed by atoms with Gasteiger partial charge in [0.2, 0.25) is 5.91 Å². The molecule has 4 atom stereocenters. The van der Waals surface area contributed by atoms with Gasteiger partial charge in [0.25, 0.3) is 7.82 Å². The quantitative estimate of drug-likeness (QED) is 0.0240. The summed E-state index contributed by atoms with van der Waals surface area (Å²) in [5, 5.41) is 24.6. The molecule has 0 aliphatic heterocycles. The Morgan fingerprint density at radius 1 is 0.569 bits per heavy atom. The van der Waals surface area contributed by atoms with Crippen LogP contribution in [0, 0.1) is 0 Å². The number of quaternary nitrogens is 1. The molecule has 0 aromatic rings. The Kier molecular flexibility index (Phi) is 42.9. The number of aliphatic hydroxyl groups excluding tert-OH is 2. The van der Waals surface area contributed by atoms with Crippen LogP contribution in [0.3, 0.4) is 0 Å². The molecular weight excluding hydrogens is 832 g/mol. The van der Waals surface area contributed by atoms with Crippen molar-refractivity contribution in [3.05, 3.63) is 109 Å². The van der Waals surface area contributed by atoms with Crippen molar-refractivity contribution in [2.45, 2.75) is 193 Å². The number of unbranched alkanes of at least 4 members (excludes halogenated alkanes) is 12. The summed E-state index contributed by atoms with van der Waals surface area (Å²) in [7, 11) is 1.07. The summed E-state index contributed by atoms with van der Waals surface area (Å²) in [5.41, 5.74) is 0. The Labute approximate surface area is 398 Å². The zero-order valence-electron chi connectivity index (χ0n) is 41.8. The van der Waals surface area contributed by atoms with Gasteiger partial charge in [0.05, 0.1) is 39.9 Å². The summed E-state index contributed by atoms with van der Waals surface area (Å²) in [6, 6.07) is -1.11. The summed E-state index contributed by atoms with van der Waals surface area (Å²) in [6.07, 6.45) is 61.4. The van der Waals surface area contributed by atoms with Crippen molar-refractivity contribution in [1.29, 1.82) is 0 Å². The van der Waals surface area contributed by atoms with Crippen molar-refractivity contribution >= 4 is 13.7 Å². The van der Waals surface area contributed by atoms with E-state index in [1.165, 1.54) is 51.4 Å². The van der Waals surface area contributed by atoms with Crippen molar-refractivity contribution in [2.75, 3.05) is 40.9 Å². The van der Waals surface area contributed by atoms with E-state index >= 15 is 0 Å². The van der Waals surface area contributed by atoms with Crippen LogP contribution in [0.25, 0.3) is 0 Å². The normalized spacial score (nSPS) is 15.5. The van der Waals surface area contributed by atoms with Gasteiger partial charge in [-0.05, 0) is 77.0 Å². The largest absolute Gasteiger partial charge is 0.756 e. The average Bonchev–Trinajstić information content (AvgIpc) is 3.26. The summed E-state index contributed by atoms with van der Waals surface area (Å²) in [6.45, 7) is 4.25. The molecule has 0 aromatic carbocycles. The zero-order chi connectivity index (χ0) is 48.0. The van der Waals surface area contributed by atoms with Crippen LogP contribution in [0.1, 0.15) is 174 Å². The number of nitrogens with zero attached hydrogens (tertiary/aromatic N) is 1. The Hall–Kier alpha value is -2.88. The van der Waals surface area contributed by atoms with E-state index in [1.54, 1.807) is 0 Å². The summed E-state index contributed by atoms with van der Waals surface area (Å²) in [5.74, 6) is -0.342. The van der Waals surface area contributed by atoms with Crippen LogP contribution < -0.4 is 10.2 Å². The number of rotatable bonds is 44. The first kappa shape index (κ1) is 62.1. The van der Waals surface area contributed by atoms with Gasteiger partial charge in [-0.25, -0.2) is 0 Å². The monoisotopic (exact) mass is 927 g/mol. The minimum Gasteiger partial charge on any atom is -0.756 e. The molecular formula is C55H95N2O7P. The fraction of sp³-hybridized carbons (Fsp3) is 0.655. The maximum Gasteiger partial charge on any atom is 0.268 e. The van der Waals surface area contributed by atoms with Gasteiger partial charge in [-0.1, -0.05) is 200 Å². The molecule has 0 saturated carbocycles. The second-order valence-electron chi connectivity index (χ2n) is 17.9. The van der Waals surface area contributed by atoms with E-state index in [2.05, 4.69) is 122 Å². The summed E-state index contributed by atoms with van der Waals surface area (Å²) in [4.78, 5) is 25.4. The van der Waals surface area contributed by atoms with Crippen LogP contribution in [0.4, 0.5) is 0 Å². The molecule has 0 heterocycles. The highest BCUT2D eigenvalue weighted by Crippen LogP contribution is 2.38. The van der Waals surface area contributed by atoms with Gasteiger partial charge in [0, 0.05) is 6.42 Å². The molecule has 372 valence electrons. The first-order chi connectivity index (χ1) is 31.4. The predicted octanol–water partition coefficient (Wildman–Crippen LogP) is 13.2. The molecule has 0 spiro atoms. The van der Waals surface area contributed by atoms with Crippen molar-refractivity contribution in [3.63, 3.8) is 0 Å². The number of hydrogen-bond acceptors (Lipinski definition) is 7. The third-order valence-electron chi connectivity index (χ3n) is 10.6. The first-order valence-corrected chi connectivity index (χ1v) is 26.8. The van der Waals surface area contributed by atoms with Gasteiger partial charge in [-0.2, -0.15) is 0 Å². The minimum absolute atomic E-state index is 0.0580. The van der Waals surface area contributed by atoms with Crippen molar-refractivity contribution in [1.82, 2.24) is 5.32 Å². The SMILES string of the molecule is CC/C=C\C/C=C\C/C=C\C/C=C\C/C=C\C/C=C\C/C=C\C/C=C\C/C=C\CCCC(=O)NC(COP(=O)([O-])OCC[N+](C)(C)C)C(O)C(O)CCCCCCCCCCCCCC. The van der Waals surface area contributed by atoms with Gasteiger partial charge >= 0.3 is 0 Å². The van der Waals surface area contributed by atoms with E-state index in [9.17, 15) is 24.5 Å². The molecule has 65 heavy (non-hydrogen) atoms. The Morgan fingerprint density at radius 2 is 0.954 bits per heavy atom. The molecule has 0 bridgehead atoms. The van der Waals surface area contributed by atoms with Gasteiger partial charge in [-0.15, -0.1) is 0 Å². The number of carbonyl (C=O) groups is 1. The highest BCUT2D eigenvalue weighted by Gasteiger charge is 2.29. The van der Waals surface area contributed by atoms with Crippen LogP contribution in [-0.4, -0.2) is 79.8 Å².